The van der Waals surface area contributed by atoms with Gasteiger partial charge in [0.2, 0.25) is 0 Å². The molecule has 6 heteroatoms. The first-order valence-electron chi connectivity index (χ1n) is 2.02. The third-order valence-corrected chi connectivity index (χ3v) is 0.550. The second kappa shape index (κ2) is 5.40. The van der Waals surface area contributed by atoms with Gasteiger partial charge in [-0.3, -0.25) is 9.59 Å². The van der Waals surface area contributed by atoms with Crippen molar-refractivity contribution in [2.75, 3.05) is 0 Å². The Kier molecular flexibility index (Phi) is 6.64. The molecule has 0 saturated carbocycles. The van der Waals surface area contributed by atoms with Crippen LogP contribution in [0.15, 0.2) is 0 Å². The predicted molar refractivity (Wildman–Crippen MR) is 24.9 cm³/mol. The summed E-state index contributed by atoms with van der Waals surface area (Å²) < 4.78 is 0. The molecule has 0 atom stereocenters. The van der Waals surface area contributed by atoms with E-state index in [1.54, 1.807) is 0 Å². The van der Waals surface area contributed by atoms with Crippen LogP contribution in [0.5, 0.6) is 0 Å². The van der Waals surface area contributed by atoms with Crippen LogP contribution in [0.4, 0.5) is 0 Å². The molecule has 0 heterocycles. The number of carboxylic acids is 2. The van der Waals surface area contributed by atoms with Crippen molar-refractivity contribution < 1.29 is 54.2 Å². The van der Waals surface area contributed by atoms with E-state index in [-0.39, 0.29) is 29.6 Å². The predicted octanol–water partition coefficient (Wildman–Crippen LogP) is -3.88. The van der Waals surface area contributed by atoms with E-state index in [1.807, 2.05) is 0 Å². The summed E-state index contributed by atoms with van der Waals surface area (Å²) in [6.45, 7) is 0. The van der Waals surface area contributed by atoms with Crippen molar-refractivity contribution in [3.05, 3.63) is 0 Å². The molecule has 0 unspecified atom stereocenters. The molecule has 0 rings (SSSR count). The minimum atomic E-state index is -1.71. The molecule has 0 spiro atoms. The fourth-order valence-electron chi connectivity index (χ4n) is 0.213. The Morgan fingerprint density at radius 2 is 1.50 bits per heavy atom. The number of hydrogen-bond acceptors (Lipinski definition) is 3. The van der Waals surface area contributed by atoms with E-state index in [1.165, 1.54) is 0 Å². The zero-order valence-corrected chi connectivity index (χ0v) is 7.33. The third kappa shape index (κ3) is 5.74. The zero-order valence-electron chi connectivity index (χ0n) is 5.33. The summed E-state index contributed by atoms with van der Waals surface area (Å²) in [4.78, 5) is 29.2. The number of carboxylic acid groups (broad SMARTS) is 2. The van der Waals surface area contributed by atoms with Gasteiger partial charge in [-0.25, -0.2) is 4.79 Å². The Labute approximate surface area is 78.3 Å². The SMILES string of the molecule is O=C(O)CC(=O)C(=O)O.[Na+]. The number of carbonyl (C=O) groups excluding carboxylic acids is 1. The van der Waals surface area contributed by atoms with Crippen molar-refractivity contribution in [3.63, 3.8) is 0 Å². The molecule has 5 nitrogen and oxygen atoms in total. The van der Waals surface area contributed by atoms with Crippen LogP contribution in [0.25, 0.3) is 0 Å². The number of Topliss-reactive ketones (excluding diaryl/α,β-unsaturated/α-hetero) is 1. The van der Waals surface area contributed by atoms with Gasteiger partial charge < -0.3 is 10.2 Å². The first-order valence-corrected chi connectivity index (χ1v) is 2.02. The first kappa shape index (κ1) is 12.3. The van der Waals surface area contributed by atoms with E-state index in [0.717, 1.165) is 0 Å². The van der Waals surface area contributed by atoms with Gasteiger partial charge in [0, 0.05) is 0 Å². The number of carbonyl (C=O) groups is 3. The Morgan fingerprint density at radius 1 is 1.10 bits per heavy atom. The third-order valence-electron chi connectivity index (χ3n) is 0.550. The molecule has 0 aromatic carbocycles. The normalized spacial score (nSPS) is 7.60. The zero-order chi connectivity index (χ0) is 7.44. The molecule has 2 N–H and O–H groups in total. The van der Waals surface area contributed by atoms with Crippen molar-refractivity contribution >= 4 is 17.7 Å². The minimum Gasteiger partial charge on any atom is -0.481 e. The van der Waals surface area contributed by atoms with Gasteiger partial charge in [0.25, 0.3) is 5.78 Å². The number of aliphatic carboxylic acids is 2. The summed E-state index contributed by atoms with van der Waals surface area (Å²) in [5.74, 6) is -4.44. The van der Waals surface area contributed by atoms with Crippen LogP contribution >= 0.6 is 0 Å². The topological polar surface area (TPSA) is 91.7 Å². The summed E-state index contributed by atoms with van der Waals surface area (Å²) in [7, 11) is 0. The molecule has 50 valence electrons. The first-order chi connectivity index (χ1) is 4.04. The molecule has 0 aromatic rings. The van der Waals surface area contributed by atoms with E-state index in [2.05, 4.69) is 0 Å². The van der Waals surface area contributed by atoms with Crippen molar-refractivity contribution in [1.82, 2.24) is 0 Å². The number of ketones is 1. The molecule has 0 aromatic heterocycles. The summed E-state index contributed by atoms with van der Waals surface area (Å²) in [6.07, 6.45) is -0.949. The maximum absolute atomic E-state index is 9.97. The van der Waals surface area contributed by atoms with Gasteiger partial charge in [-0.15, -0.1) is 0 Å². The molecule has 0 fully saturated rings. The van der Waals surface area contributed by atoms with Crippen molar-refractivity contribution in [1.29, 1.82) is 0 Å². The van der Waals surface area contributed by atoms with Crippen LogP contribution in [0.3, 0.4) is 0 Å². The van der Waals surface area contributed by atoms with Crippen molar-refractivity contribution in [2.24, 2.45) is 0 Å². The maximum Gasteiger partial charge on any atom is 1.00 e. The van der Waals surface area contributed by atoms with E-state index >= 15 is 0 Å². The number of rotatable bonds is 3. The summed E-state index contributed by atoms with van der Waals surface area (Å²) >= 11 is 0. The fourth-order valence-corrected chi connectivity index (χ4v) is 0.213. The molecule has 10 heavy (non-hydrogen) atoms. The average molecular weight is 155 g/mol. The minimum absolute atomic E-state index is 0. The Hall–Kier alpha value is -0.390. The van der Waals surface area contributed by atoms with Gasteiger partial charge >= 0.3 is 41.5 Å². The van der Waals surface area contributed by atoms with E-state index < -0.39 is 24.1 Å². The van der Waals surface area contributed by atoms with E-state index in [0.29, 0.717) is 0 Å². The van der Waals surface area contributed by atoms with Crippen LogP contribution < -0.4 is 29.6 Å². The molecular weight excluding hydrogens is 151 g/mol. The quantitative estimate of drug-likeness (QED) is 0.247. The molecule has 0 saturated heterocycles. The standard InChI is InChI=1S/C4H4O5.Na/c5-2(4(8)9)1-3(6)7;/h1H2,(H,6,7)(H,8,9);/q;+1. The Morgan fingerprint density at radius 3 is 1.60 bits per heavy atom. The van der Waals surface area contributed by atoms with Gasteiger partial charge in [0.15, 0.2) is 0 Å². The smallest absolute Gasteiger partial charge is 0.481 e. The largest absolute Gasteiger partial charge is 1.00 e. The van der Waals surface area contributed by atoms with Crippen LogP contribution in [0, 0.1) is 0 Å². The number of hydrogen-bond donors (Lipinski definition) is 2. The van der Waals surface area contributed by atoms with Crippen LogP contribution in [0.2, 0.25) is 0 Å². The average Bonchev–Trinajstić information content (AvgIpc) is 1.63. The van der Waals surface area contributed by atoms with E-state index in [9.17, 15) is 14.4 Å². The molecule has 0 aliphatic carbocycles. The van der Waals surface area contributed by atoms with Gasteiger partial charge in [-0.05, 0) is 0 Å². The summed E-state index contributed by atoms with van der Waals surface area (Å²) in [5, 5.41) is 15.7. The van der Waals surface area contributed by atoms with Crippen LogP contribution in [-0.2, 0) is 14.4 Å². The molecule has 0 radical (unpaired) electrons. The molecule has 0 bridgehead atoms. The van der Waals surface area contributed by atoms with Crippen molar-refractivity contribution in [3.8, 4) is 0 Å². The molecule has 0 amide bonds. The summed E-state index contributed by atoms with van der Waals surface area (Å²) in [5.41, 5.74) is 0. The van der Waals surface area contributed by atoms with Crippen molar-refractivity contribution in [2.45, 2.75) is 6.42 Å². The van der Waals surface area contributed by atoms with Gasteiger partial charge in [0.05, 0.1) is 0 Å². The molecular formula is C4H4NaO5+. The summed E-state index contributed by atoms with van der Waals surface area (Å²) in [6, 6.07) is 0. The second-order valence-corrected chi connectivity index (χ2v) is 1.30. The van der Waals surface area contributed by atoms with Gasteiger partial charge in [0.1, 0.15) is 6.42 Å². The van der Waals surface area contributed by atoms with Crippen LogP contribution in [-0.4, -0.2) is 27.9 Å². The fraction of sp³-hybridized carbons (Fsp3) is 0.250. The Bertz CT molecular complexity index is 163. The second-order valence-electron chi connectivity index (χ2n) is 1.30. The van der Waals surface area contributed by atoms with Gasteiger partial charge in [-0.2, -0.15) is 0 Å². The van der Waals surface area contributed by atoms with Crippen LogP contribution in [0.1, 0.15) is 6.42 Å². The van der Waals surface area contributed by atoms with E-state index in [4.69, 9.17) is 10.2 Å². The molecule has 0 aliphatic heterocycles. The van der Waals surface area contributed by atoms with Gasteiger partial charge in [-0.1, -0.05) is 0 Å². The molecule has 0 aliphatic rings. The monoisotopic (exact) mass is 155 g/mol. The maximum atomic E-state index is 9.97. The Balaban J connectivity index is 0.